The number of hydrogen-bond acceptors (Lipinski definition) is 3. The summed E-state index contributed by atoms with van der Waals surface area (Å²) in [4.78, 5) is 29.2. The summed E-state index contributed by atoms with van der Waals surface area (Å²) >= 11 is 0. The molecule has 5 heteroatoms. The molecule has 2 aliphatic carbocycles. The van der Waals surface area contributed by atoms with Crippen molar-refractivity contribution in [2.24, 2.45) is 5.92 Å². The second-order valence-electron chi connectivity index (χ2n) is 7.77. The molecule has 0 aromatic heterocycles. The fraction of sp³-hybridized carbons (Fsp3) is 0.882. The highest BCUT2D eigenvalue weighted by atomic mass is 16.2. The normalized spacial score (nSPS) is 37.8. The molecule has 0 spiro atoms. The first-order chi connectivity index (χ1) is 10.6. The smallest absolute Gasteiger partial charge is 0.243 e. The highest BCUT2D eigenvalue weighted by Crippen LogP contribution is 2.55. The second kappa shape index (κ2) is 5.22. The first-order valence-corrected chi connectivity index (χ1v) is 8.92. The molecule has 1 N–H and O–H groups in total. The molecular weight excluding hydrogens is 278 g/mol. The van der Waals surface area contributed by atoms with Gasteiger partial charge in [-0.15, -0.1) is 0 Å². The minimum Gasteiger partial charge on any atom is -0.354 e. The molecule has 2 saturated carbocycles. The van der Waals surface area contributed by atoms with Crippen molar-refractivity contribution in [1.29, 1.82) is 0 Å². The van der Waals surface area contributed by atoms with Crippen LogP contribution in [0.2, 0.25) is 0 Å². The van der Waals surface area contributed by atoms with Crippen molar-refractivity contribution in [3.63, 3.8) is 0 Å². The second-order valence-corrected chi connectivity index (χ2v) is 7.77. The highest BCUT2D eigenvalue weighted by Gasteiger charge is 2.64. The van der Waals surface area contributed by atoms with Crippen LogP contribution < -0.4 is 5.32 Å². The van der Waals surface area contributed by atoms with Crippen molar-refractivity contribution < 1.29 is 9.59 Å². The predicted molar refractivity (Wildman–Crippen MR) is 83.2 cm³/mol. The van der Waals surface area contributed by atoms with Gasteiger partial charge in [0.25, 0.3) is 0 Å². The number of carbonyl (C=O) groups excluding carboxylic acids is 2. The van der Waals surface area contributed by atoms with Crippen LogP contribution in [0.4, 0.5) is 0 Å². The van der Waals surface area contributed by atoms with Crippen LogP contribution in [-0.4, -0.2) is 58.9 Å². The van der Waals surface area contributed by atoms with Gasteiger partial charge in [-0.05, 0) is 50.9 Å². The Labute approximate surface area is 132 Å². The molecular formula is C17H27N3O2. The molecule has 2 amide bonds. The Morgan fingerprint density at radius 2 is 1.95 bits per heavy atom. The molecule has 2 bridgehead atoms. The van der Waals surface area contributed by atoms with Crippen molar-refractivity contribution in [2.75, 3.05) is 19.6 Å². The minimum absolute atomic E-state index is 0.000294. The number of nitrogens with one attached hydrogen (secondary N) is 1. The number of hydrogen-bond donors (Lipinski definition) is 1. The third kappa shape index (κ3) is 2.25. The number of likely N-dealkylation sites (tertiary alicyclic amines) is 1. The Morgan fingerprint density at radius 1 is 1.18 bits per heavy atom. The standard InChI is InChI=1S/C17H27N3O2/c1-12(21)18-10-15-4-2-3-7-19(15)16(22)17-8-13(9-17)11-20(17)14-5-6-14/h13-15H,2-11H2,1H3,(H,18,21). The number of piperidine rings is 1. The van der Waals surface area contributed by atoms with Gasteiger partial charge in [0.1, 0.15) is 5.54 Å². The third-order valence-corrected chi connectivity index (χ3v) is 6.12. The first kappa shape index (κ1) is 14.5. The van der Waals surface area contributed by atoms with Crippen LogP contribution in [0.5, 0.6) is 0 Å². The summed E-state index contributed by atoms with van der Waals surface area (Å²) in [5.74, 6) is 1.12. The van der Waals surface area contributed by atoms with Crippen LogP contribution in [0, 0.1) is 5.92 Å². The van der Waals surface area contributed by atoms with E-state index in [0.717, 1.165) is 51.1 Å². The Morgan fingerprint density at radius 3 is 2.64 bits per heavy atom. The van der Waals surface area contributed by atoms with Gasteiger partial charge in [-0.3, -0.25) is 14.5 Å². The van der Waals surface area contributed by atoms with Gasteiger partial charge in [0.2, 0.25) is 11.8 Å². The summed E-state index contributed by atoms with van der Waals surface area (Å²) < 4.78 is 0. The van der Waals surface area contributed by atoms with Gasteiger partial charge in [-0.1, -0.05) is 0 Å². The van der Waals surface area contributed by atoms with Crippen LogP contribution in [0.25, 0.3) is 0 Å². The van der Waals surface area contributed by atoms with Crippen molar-refractivity contribution in [3.8, 4) is 0 Å². The lowest BCUT2D eigenvalue weighted by molar-refractivity contribution is -0.150. The van der Waals surface area contributed by atoms with E-state index in [1.54, 1.807) is 6.92 Å². The zero-order chi connectivity index (χ0) is 15.3. The number of carbonyl (C=O) groups is 2. The molecule has 0 radical (unpaired) electrons. The van der Waals surface area contributed by atoms with Gasteiger partial charge in [0.05, 0.1) is 0 Å². The molecule has 3 aliphatic heterocycles. The molecule has 5 nitrogen and oxygen atoms in total. The first-order valence-electron chi connectivity index (χ1n) is 8.92. The molecule has 1 atom stereocenters. The largest absolute Gasteiger partial charge is 0.354 e. The van der Waals surface area contributed by atoms with Gasteiger partial charge in [0.15, 0.2) is 0 Å². The SMILES string of the molecule is CC(=O)NCC1CCCCN1C(=O)C12CC(CN1C1CC1)C2. The van der Waals surface area contributed by atoms with Crippen molar-refractivity contribution in [3.05, 3.63) is 0 Å². The number of nitrogens with zero attached hydrogens (tertiary/aromatic N) is 2. The van der Waals surface area contributed by atoms with E-state index in [1.807, 2.05) is 0 Å². The van der Waals surface area contributed by atoms with Crippen molar-refractivity contribution in [1.82, 2.24) is 15.1 Å². The summed E-state index contributed by atoms with van der Waals surface area (Å²) in [6, 6.07) is 0.871. The predicted octanol–water partition coefficient (Wildman–Crippen LogP) is 1.13. The van der Waals surface area contributed by atoms with E-state index in [-0.39, 0.29) is 17.5 Å². The van der Waals surface area contributed by atoms with E-state index in [1.165, 1.54) is 12.8 Å². The Balaban J connectivity index is 1.49. The summed E-state index contributed by atoms with van der Waals surface area (Å²) in [6.07, 6.45) is 7.99. The van der Waals surface area contributed by atoms with E-state index in [2.05, 4.69) is 15.1 Å². The molecule has 5 aliphatic rings. The van der Waals surface area contributed by atoms with E-state index in [9.17, 15) is 9.59 Å². The number of fused-ring (bicyclic) bond motifs is 1. The number of amides is 2. The quantitative estimate of drug-likeness (QED) is 0.847. The van der Waals surface area contributed by atoms with E-state index in [0.29, 0.717) is 18.5 Å². The fourth-order valence-corrected chi connectivity index (χ4v) is 4.90. The summed E-state index contributed by atoms with van der Waals surface area (Å²) in [5, 5.41) is 2.92. The lowest BCUT2D eigenvalue weighted by Gasteiger charge is -2.47. The Bertz CT molecular complexity index is 482. The van der Waals surface area contributed by atoms with E-state index >= 15 is 0 Å². The molecule has 3 heterocycles. The van der Waals surface area contributed by atoms with Gasteiger partial charge < -0.3 is 10.2 Å². The summed E-state index contributed by atoms with van der Waals surface area (Å²) in [5.41, 5.74) is -0.169. The molecule has 5 fully saturated rings. The number of rotatable bonds is 4. The maximum Gasteiger partial charge on any atom is 0.243 e. The van der Waals surface area contributed by atoms with Crippen LogP contribution in [-0.2, 0) is 9.59 Å². The molecule has 1 unspecified atom stereocenters. The van der Waals surface area contributed by atoms with Gasteiger partial charge in [0, 0.05) is 38.6 Å². The molecule has 0 aromatic carbocycles. The van der Waals surface area contributed by atoms with Crippen LogP contribution in [0.3, 0.4) is 0 Å². The van der Waals surface area contributed by atoms with Crippen molar-refractivity contribution in [2.45, 2.75) is 69.5 Å². The maximum atomic E-state index is 13.3. The zero-order valence-electron chi connectivity index (χ0n) is 13.5. The Kier molecular flexibility index (Phi) is 3.44. The summed E-state index contributed by atoms with van der Waals surface area (Å²) in [7, 11) is 0. The van der Waals surface area contributed by atoms with Crippen LogP contribution >= 0.6 is 0 Å². The lowest BCUT2D eigenvalue weighted by Crippen LogP contribution is -2.63. The molecule has 3 saturated heterocycles. The van der Waals surface area contributed by atoms with E-state index in [4.69, 9.17) is 0 Å². The third-order valence-electron chi connectivity index (χ3n) is 6.12. The van der Waals surface area contributed by atoms with Gasteiger partial charge in [-0.2, -0.15) is 0 Å². The fourth-order valence-electron chi connectivity index (χ4n) is 4.90. The molecule has 22 heavy (non-hydrogen) atoms. The van der Waals surface area contributed by atoms with Crippen molar-refractivity contribution >= 4 is 11.8 Å². The molecule has 122 valence electrons. The molecule has 5 rings (SSSR count). The minimum atomic E-state index is -0.169. The van der Waals surface area contributed by atoms with Crippen LogP contribution in [0.15, 0.2) is 0 Å². The zero-order valence-corrected chi connectivity index (χ0v) is 13.5. The highest BCUT2D eigenvalue weighted by molar-refractivity contribution is 5.89. The lowest BCUT2D eigenvalue weighted by atomic mass is 9.72. The Hall–Kier alpha value is -1.10. The van der Waals surface area contributed by atoms with Crippen LogP contribution in [0.1, 0.15) is 51.9 Å². The van der Waals surface area contributed by atoms with E-state index < -0.39 is 0 Å². The molecule has 0 aromatic rings. The van der Waals surface area contributed by atoms with Gasteiger partial charge in [-0.25, -0.2) is 0 Å². The monoisotopic (exact) mass is 305 g/mol. The maximum absolute atomic E-state index is 13.3. The van der Waals surface area contributed by atoms with Gasteiger partial charge >= 0.3 is 0 Å². The summed E-state index contributed by atoms with van der Waals surface area (Å²) in [6.45, 7) is 4.18. The topological polar surface area (TPSA) is 52.7 Å². The average molecular weight is 305 g/mol. The average Bonchev–Trinajstić information content (AvgIpc) is 3.16.